The van der Waals surface area contributed by atoms with Crippen molar-refractivity contribution in [3.63, 3.8) is 0 Å². The van der Waals surface area contributed by atoms with Crippen molar-refractivity contribution in [2.75, 3.05) is 13.2 Å². The molecule has 2 nitrogen and oxygen atoms in total. The first kappa shape index (κ1) is 20.4. The van der Waals surface area contributed by atoms with E-state index in [1.165, 1.54) is 76.3 Å². The van der Waals surface area contributed by atoms with Gasteiger partial charge in [-0.25, -0.2) is 0 Å². The Bertz CT molecular complexity index is 151. The molecule has 0 spiro atoms. The molecule has 0 radical (unpaired) electrons. The van der Waals surface area contributed by atoms with Crippen molar-refractivity contribution in [2.24, 2.45) is 0 Å². The predicted molar refractivity (Wildman–Crippen MR) is 96.1 cm³/mol. The van der Waals surface area contributed by atoms with Crippen LogP contribution in [-0.4, -0.2) is 32.7 Å². The molecule has 4 heteroatoms. The van der Waals surface area contributed by atoms with E-state index < -0.39 is 0 Å². The highest BCUT2D eigenvalue weighted by Gasteiger charge is 1.95. The zero-order valence-corrected chi connectivity index (χ0v) is 17.0. The average Bonchev–Trinajstić information content (AvgIpc) is 2.47. The Morgan fingerprint density at radius 2 is 0.950 bits per heavy atom. The van der Waals surface area contributed by atoms with Gasteiger partial charge >= 0.3 is 0 Å². The van der Waals surface area contributed by atoms with Crippen LogP contribution in [0.2, 0.25) is 12.1 Å². The summed E-state index contributed by atoms with van der Waals surface area (Å²) in [5.74, 6) is 0. The van der Waals surface area contributed by atoms with Gasteiger partial charge in [0, 0.05) is 13.2 Å². The molecule has 0 amide bonds. The second-order valence-corrected chi connectivity index (χ2v) is 8.81. The van der Waals surface area contributed by atoms with Crippen LogP contribution in [0.3, 0.4) is 0 Å². The van der Waals surface area contributed by atoms with E-state index in [4.69, 9.17) is 8.85 Å². The Labute approximate surface area is 132 Å². The molecule has 0 aliphatic carbocycles. The van der Waals surface area contributed by atoms with Gasteiger partial charge in [-0.2, -0.15) is 0 Å². The first-order chi connectivity index (χ1) is 9.91. The van der Waals surface area contributed by atoms with E-state index in [0.717, 1.165) is 13.2 Å². The van der Waals surface area contributed by atoms with E-state index in [2.05, 4.69) is 13.8 Å². The van der Waals surface area contributed by atoms with Gasteiger partial charge < -0.3 is 8.85 Å². The lowest BCUT2D eigenvalue weighted by molar-refractivity contribution is 0.315. The fourth-order valence-corrected chi connectivity index (χ4v) is 5.09. The quantitative estimate of drug-likeness (QED) is 0.298. The van der Waals surface area contributed by atoms with Crippen molar-refractivity contribution in [1.29, 1.82) is 0 Å². The van der Waals surface area contributed by atoms with E-state index in [1.54, 1.807) is 0 Å². The highest BCUT2D eigenvalue weighted by Crippen LogP contribution is 2.03. The Hall–Kier alpha value is 0.354. The normalized spacial score (nSPS) is 12.3. The minimum absolute atomic E-state index is 0.224. The van der Waals surface area contributed by atoms with Crippen LogP contribution in [0.25, 0.3) is 0 Å². The zero-order chi connectivity index (χ0) is 14.7. The van der Waals surface area contributed by atoms with Crippen molar-refractivity contribution in [3.05, 3.63) is 0 Å². The van der Waals surface area contributed by atoms with Gasteiger partial charge in [-0.1, -0.05) is 65.2 Å². The first-order valence-corrected chi connectivity index (χ1v) is 12.2. The standard InChI is InChI=1S/C16H38O2Si2/c1-3-5-7-9-11-13-17-19-15-16-20-18-14-12-10-8-6-4-2/h3-16,19-20H2,1-2H3. The maximum atomic E-state index is 5.79. The lowest BCUT2D eigenvalue weighted by Gasteiger charge is -2.05. The molecule has 0 atom stereocenters. The van der Waals surface area contributed by atoms with E-state index in [-0.39, 0.29) is 19.5 Å². The Morgan fingerprint density at radius 3 is 1.35 bits per heavy atom. The third-order valence-electron chi connectivity index (χ3n) is 3.61. The van der Waals surface area contributed by atoms with E-state index >= 15 is 0 Å². The van der Waals surface area contributed by atoms with Crippen molar-refractivity contribution < 1.29 is 8.85 Å². The number of rotatable bonds is 17. The van der Waals surface area contributed by atoms with Gasteiger partial charge in [0.15, 0.2) is 19.5 Å². The maximum absolute atomic E-state index is 5.79. The summed E-state index contributed by atoms with van der Waals surface area (Å²) in [5.41, 5.74) is 0. The minimum Gasteiger partial charge on any atom is -0.424 e. The second-order valence-electron chi connectivity index (χ2n) is 5.76. The van der Waals surface area contributed by atoms with Gasteiger partial charge in [-0.15, -0.1) is 0 Å². The summed E-state index contributed by atoms with van der Waals surface area (Å²) < 4.78 is 11.6. The summed E-state index contributed by atoms with van der Waals surface area (Å²) in [7, 11) is -0.448. The van der Waals surface area contributed by atoms with Crippen molar-refractivity contribution in [3.8, 4) is 0 Å². The summed E-state index contributed by atoms with van der Waals surface area (Å²) in [6, 6.07) is 2.69. The van der Waals surface area contributed by atoms with Gasteiger partial charge in [0.25, 0.3) is 0 Å². The van der Waals surface area contributed by atoms with Crippen LogP contribution in [0.4, 0.5) is 0 Å². The SMILES string of the molecule is CCCCCCCO[SiH2]CC[SiH2]OCCCCCCC. The highest BCUT2D eigenvalue weighted by molar-refractivity contribution is 6.34. The molecule has 0 heterocycles. The number of hydrogen-bond acceptors (Lipinski definition) is 2. The molecule has 0 rings (SSSR count). The van der Waals surface area contributed by atoms with Crippen LogP contribution in [-0.2, 0) is 8.85 Å². The molecule has 0 N–H and O–H groups in total. The van der Waals surface area contributed by atoms with Crippen LogP contribution >= 0.6 is 0 Å². The fraction of sp³-hybridized carbons (Fsp3) is 1.00. The van der Waals surface area contributed by atoms with Crippen LogP contribution in [0.15, 0.2) is 0 Å². The lowest BCUT2D eigenvalue weighted by atomic mass is 10.2. The maximum Gasteiger partial charge on any atom is 0.161 e. The summed E-state index contributed by atoms with van der Waals surface area (Å²) in [5, 5.41) is 0. The van der Waals surface area contributed by atoms with Gasteiger partial charge in [-0.05, 0) is 24.9 Å². The van der Waals surface area contributed by atoms with Crippen LogP contribution in [0, 0.1) is 0 Å². The van der Waals surface area contributed by atoms with Gasteiger partial charge in [-0.3, -0.25) is 0 Å². The van der Waals surface area contributed by atoms with Crippen molar-refractivity contribution >= 4 is 19.5 Å². The third kappa shape index (κ3) is 18.4. The minimum atomic E-state index is -0.224. The average molecular weight is 319 g/mol. The number of hydrogen-bond donors (Lipinski definition) is 0. The Morgan fingerprint density at radius 1 is 0.550 bits per heavy atom. The molecule has 0 unspecified atom stereocenters. The molecule has 0 aliphatic rings. The molecule has 122 valence electrons. The Kier molecular flexibility index (Phi) is 19.7. The number of unbranched alkanes of at least 4 members (excludes halogenated alkanes) is 8. The monoisotopic (exact) mass is 318 g/mol. The molecule has 20 heavy (non-hydrogen) atoms. The van der Waals surface area contributed by atoms with Gasteiger partial charge in [0.2, 0.25) is 0 Å². The van der Waals surface area contributed by atoms with E-state index in [9.17, 15) is 0 Å². The molecule has 0 saturated carbocycles. The third-order valence-corrected chi connectivity index (χ3v) is 7.34. The summed E-state index contributed by atoms with van der Waals surface area (Å²) in [6.45, 7) is 6.58. The molecule has 0 bridgehead atoms. The first-order valence-electron chi connectivity index (χ1n) is 9.07. The van der Waals surface area contributed by atoms with Crippen LogP contribution < -0.4 is 0 Å². The molecular weight excluding hydrogens is 280 g/mol. The predicted octanol–water partition coefficient (Wildman–Crippen LogP) is 3.96. The van der Waals surface area contributed by atoms with Gasteiger partial charge in [0.05, 0.1) is 0 Å². The van der Waals surface area contributed by atoms with Crippen LogP contribution in [0.5, 0.6) is 0 Å². The smallest absolute Gasteiger partial charge is 0.161 e. The second kappa shape index (κ2) is 19.4. The summed E-state index contributed by atoms with van der Waals surface area (Å²) in [6.07, 6.45) is 13.5. The summed E-state index contributed by atoms with van der Waals surface area (Å²) >= 11 is 0. The zero-order valence-electron chi connectivity index (χ0n) is 14.1. The highest BCUT2D eigenvalue weighted by atomic mass is 28.2. The lowest BCUT2D eigenvalue weighted by Crippen LogP contribution is -2.05. The fourth-order valence-electron chi connectivity index (χ4n) is 2.23. The molecule has 0 aromatic rings. The molecule has 0 saturated heterocycles. The van der Waals surface area contributed by atoms with Crippen LogP contribution in [0.1, 0.15) is 78.1 Å². The molecule has 0 aliphatic heterocycles. The molecule has 0 fully saturated rings. The molecular formula is C16H38O2Si2. The van der Waals surface area contributed by atoms with E-state index in [0.29, 0.717) is 0 Å². The molecule has 0 aromatic carbocycles. The van der Waals surface area contributed by atoms with Gasteiger partial charge in [0.1, 0.15) is 0 Å². The molecule has 0 aromatic heterocycles. The van der Waals surface area contributed by atoms with E-state index in [1.807, 2.05) is 0 Å². The largest absolute Gasteiger partial charge is 0.424 e. The van der Waals surface area contributed by atoms with Crippen molar-refractivity contribution in [1.82, 2.24) is 0 Å². The summed E-state index contributed by atoms with van der Waals surface area (Å²) in [4.78, 5) is 0. The van der Waals surface area contributed by atoms with Crippen molar-refractivity contribution in [2.45, 2.75) is 90.1 Å². The topological polar surface area (TPSA) is 18.5 Å². The Balaban J connectivity index is 2.89.